The molecule has 0 unspecified atom stereocenters. The molecule has 3 rings (SSSR count). The van der Waals surface area contributed by atoms with Crippen molar-refractivity contribution in [3.8, 4) is 5.75 Å². The fourth-order valence-electron chi connectivity index (χ4n) is 3.26. The summed E-state index contributed by atoms with van der Waals surface area (Å²) in [5, 5.41) is 9.32. The van der Waals surface area contributed by atoms with Gasteiger partial charge < -0.3 is 20.7 Å². The van der Waals surface area contributed by atoms with E-state index < -0.39 is 0 Å². The Morgan fingerprint density at radius 2 is 1.66 bits per heavy atom. The number of hydrogen-bond donors (Lipinski definition) is 3. The average molecular weight is 431 g/mol. The first kappa shape index (κ1) is 22.9. The van der Waals surface area contributed by atoms with E-state index in [0.29, 0.717) is 31.2 Å². The molecule has 1 amide bonds. The Labute approximate surface area is 189 Å². The second-order valence-electron chi connectivity index (χ2n) is 7.26. The van der Waals surface area contributed by atoms with E-state index in [4.69, 9.17) is 4.74 Å². The molecular formula is C26H30N4O2. The molecule has 6 heteroatoms. The highest BCUT2D eigenvalue weighted by Crippen LogP contribution is 2.19. The molecule has 3 aromatic carbocycles. The van der Waals surface area contributed by atoms with E-state index in [1.807, 2.05) is 66.7 Å². The van der Waals surface area contributed by atoms with Gasteiger partial charge in [0.25, 0.3) is 5.91 Å². The monoisotopic (exact) mass is 430 g/mol. The van der Waals surface area contributed by atoms with Gasteiger partial charge in [-0.25, -0.2) is 0 Å². The first-order chi connectivity index (χ1) is 15.7. The first-order valence-electron chi connectivity index (χ1n) is 10.7. The van der Waals surface area contributed by atoms with Gasteiger partial charge in [-0.1, -0.05) is 60.7 Å². The van der Waals surface area contributed by atoms with Crippen molar-refractivity contribution < 1.29 is 9.53 Å². The Bertz CT molecular complexity index is 1030. The lowest BCUT2D eigenvalue weighted by atomic mass is 10.1. The van der Waals surface area contributed by atoms with Crippen LogP contribution in [-0.2, 0) is 19.6 Å². The predicted molar refractivity (Wildman–Crippen MR) is 129 cm³/mol. The SMILES string of the molecule is CN=C(NCCc1cccc(C(=O)NC)c1)NCc1ccccc1OCc1ccccc1. The molecule has 0 aromatic heterocycles. The van der Waals surface area contributed by atoms with E-state index in [-0.39, 0.29) is 5.91 Å². The van der Waals surface area contributed by atoms with E-state index in [9.17, 15) is 4.79 Å². The van der Waals surface area contributed by atoms with Crippen LogP contribution in [0.25, 0.3) is 0 Å². The molecule has 0 bridgehead atoms. The lowest BCUT2D eigenvalue weighted by Gasteiger charge is -2.15. The molecule has 0 aliphatic heterocycles. The van der Waals surface area contributed by atoms with Gasteiger partial charge in [0.15, 0.2) is 5.96 Å². The van der Waals surface area contributed by atoms with Crippen molar-refractivity contribution in [3.05, 3.63) is 101 Å². The number of guanidine groups is 1. The minimum atomic E-state index is -0.0783. The van der Waals surface area contributed by atoms with Gasteiger partial charge in [-0.3, -0.25) is 9.79 Å². The minimum absolute atomic E-state index is 0.0783. The fraction of sp³-hybridized carbons (Fsp3) is 0.231. The summed E-state index contributed by atoms with van der Waals surface area (Å²) in [5.74, 6) is 1.49. The summed E-state index contributed by atoms with van der Waals surface area (Å²) in [6, 6.07) is 25.8. The number of nitrogens with one attached hydrogen (secondary N) is 3. The summed E-state index contributed by atoms with van der Waals surface area (Å²) in [5.41, 5.74) is 3.95. The van der Waals surface area contributed by atoms with Crippen molar-refractivity contribution in [1.29, 1.82) is 0 Å². The predicted octanol–water partition coefficient (Wildman–Crippen LogP) is 3.53. The van der Waals surface area contributed by atoms with Crippen LogP contribution in [0.2, 0.25) is 0 Å². The third-order valence-corrected chi connectivity index (χ3v) is 5.00. The Morgan fingerprint density at radius 3 is 2.44 bits per heavy atom. The largest absolute Gasteiger partial charge is 0.489 e. The van der Waals surface area contributed by atoms with Crippen LogP contribution in [-0.4, -0.2) is 32.5 Å². The lowest BCUT2D eigenvalue weighted by molar-refractivity contribution is 0.0963. The smallest absolute Gasteiger partial charge is 0.251 e. The lowest BCUT2D eigenvalue weighted by Crippen LogP contribution is -2.37. The molecule has 166 valence electrons. The third-order valence-electron chi connectivity index (χ3n) is 5.00. The summed E-state index contributed by atoms with van der Waals surface area (Å²) in [4.78, 5) is 16.1. The molecule has 0 radical (unpaired) electrons. The highest BCUT2D eigenvalue weighted by atomic mass is 16.5. The zero-order valence-corrected chi connectivity index (χ0v) is 18.6. The Morgan fingerprint density at radius 1 is 0.906 bits per heavy atom. The van der Waals surface area contributed by atoms with Gasteiger partial charge >= 0.3 is 0 Å². The zero-order chi connectivity index (χ0) is 22.6. The van der Waals surface area contributed by atoms with E-state index in [2.05, 4.69) is 33.1 Å². The van der Waals surface area contributed by atoms with Gasteiger partial charge in [0, 0.05) is 38.3 Å². The summed E-state index contributed by atoms with van der Waals surface area (Å²) in [6.07, 6.45) is 0.780. The van der Waals surface area contributed by atoms with Crippen molar-refractivity contribution in [1.82, 2.24) is 16.0 Å². The van der Waals surface area contributed by atoms with Crippen LogP contribution in [0.1, 0.15) is 27.0 Å². The number of rotatable bonds is 9. The molecular weight excluding hydrogens is 400 g/mol. The number of ether oxygens (including phenoxy) is 1. The number of carbonyl (C=O) groups excluding carboxylic acids is 1. The second-order valence-corrected chi connectivity index (χ2v) is 7.26. The number of hydrogen-bond acceptors (Lipinski definition) is 3. The van der Waals surface area contributed by atoms with Gasteiger partial charge in [0.05, 0.1) is 0 Å². The Hall–Kier alpha value is -3.80. The number of carbonyl (C=O) groups is 1. The van der Waals surface area contributed by atoms with Gasteiger partial charge in [0.1, 0.15) is 12.4 Å². The van der Waals surface area contributed by atoms with Crippen LogP contribution in [0.5, 0.6) is 5.75 Å². The average Bonchev–Trinajstić information content (AvgIpc) is 2.85. The molecule has 0 aliphatic carbocycles. The van der Waals surface area contributed by atoms with Crippen LogP contribution in [0, 0.1) is 0 Å². The molecule has 0 atom stereocenters. The number of para-hydroxylation sites is 1. The summed E-state index contributed by atoms with van der Waals surface area (Å²) >= 11 is 0. The van der Waals surface area contributed by atoms with Crippen molar-refractivity contribution in [2.45, 2.75) is 19.6 Å². The highest BCUT2D eigenvalue weighted by Gasteiger charge is 2.06. The maximum Gasteiger partial charge on any atom is 0.251 e. The summed E-state index contributed by atoms with van der Waals surface area (Å²) in [7, 11) is 3.39. The molecule has 3 aromatic rings. The van der Waals surface area contributed by atoms with Crippen molar-refractivity contribution in [2.24, 2.45) is 4.99 Å². The maximum atomic E-state index is 11.8. The van der Waals surface area contributed by atoms with Crippen LogP contribution in [0.4, 0.5) is 0 Å². The maximum absolute atomic E-state index is 11.8. The van der Waals surface area contributed by atoms with Gasteiger partial charge in [-0.05, 0) is 35.7 Å². The van der Waals surface area contributed by atoms with Crippen LogP contribution in [0.15, 0.2) is 83.9 Å². The molecule has 0 heterocycles. The molecule has 0 saturated carbocycles. The molecule has 0 spiro atoms. The number of nitrogens with zero attached hydrogens (tertiary/aromatic N) is 1. The van der Waals surface area contributed by atoms with E-state index in [1.165, 1.54) is 0 Å². The molecule has 0 aliphatic rings. The van der Waals surface area contributed by atoms with Gasteiger partial charge in [-0.15, -0.1) is 0 Å². The molecule has 0 fully saturated rings. The number of benzene rings is 3. The molecule has 6 nitrogen and oxygen atoms in total. The third kappa shape index (κ3) is 6.87. The van der Waals surface area contributed by atoms with Crippen LogP contribution < -0.4 is 20.7 Å². The molecule has 0 saturated heterocycles. The zero-order valence-electron chi connectivity index (χ0n) is 18.6. The first-order valence-corrected chi connectivity index (χ1v) is 10.7. The van der Waals surface area contributed by atoms with Crippen LogP contribution >= 0.6 is 0 Å². The van der Waals surface area contributed by atoms with E-state index >= 15 is 0 Å². The molecule has 32 heavy (non-hydrogen) atoms. The Balaban J connectivity index is 1.50. The topological polar surface area (TPSA) is 74.8 Å². The normalized spacial score (nSPS) is 11.0. The van der Waals surface area contributed by atoms with Crippen molar-refractivity contribution in [3.63, 3.8) is 0 Å². The van der Waals surface area contributed by atoms with Gasteiger partial charge in [-0.2, -0.15) is 0 Å². The minimum Gasteiger partial charge on any atom is -0.489 e. The highest BCUT2D eigenvalue weighted by molar-refractivity contribution is 5.94. The summed E-state index contributed by atoms with van der Waals surface area (Å²) in [6.45, 7) is 1.82. The standard InChI is InChI=1S/C26H30N4O2/c1-27-25(31)22-13-8-11-20(17-22)15-16-29-26(28-2)30-18-23-12-6-7-14-24(23)32-19-21-9-4-3-5-10-21/h3-14,17H,15-16,18-19H2,1-2H3,(H,27,31)(H2,28,29,30). The van der Waals surface area contributed by atoms with E-state index in [1.54, 1.807) is 14.1 Å². The van der Waals surface area contributed by atoms with E-state index in [0.717, 1.165) is 28.9 Å². The molecule has 3 N–H and O–H groups in total. The fourth-order valence-corrected chi connectivity index (χ4v) is 3.26. The number of aliphatic imine (C=N–C) groups is 1. The van der Waals surface area contributed by atoms with Crippen LogP contribution in [0.3, 0.4) is 0 Å². The summed E-state index contributed by atoms with van der Waals surface area (Å²) < 4.78 is 6.03. The number of amides is 1. The quantitative estimate of drug-likeness (QED) is 0.359. The van der Waals surface area contributed by atoms with Crippen molar-refractivity contribution >= 4 is 11.9 Å². The Kier molecular flexibility index (Phi) is 8.69. The van der Waals surface area contributed by atoms with Gasteiger partial charge in [0.2, 0.25) is 0 Å². The van der Waals surface area contributed by atoms with Crippen molar-refractivity contribution in [2.75, 3.05) is 20.6 Å². The second kappa shape index (κ2) is 12.2.